The lowest BCUT2D eigenvalue weighted by molar-refractivity contribution is -0.00925. The molecule has 0 saturated carbocycles. The van der Waals surface area contributed by atoms with Gasteiger partial charge in [0.25, 0.3) is 0 Å². The first-order chi connectivity index (χ1) is 8.79. The van der Waals surface area contributed by atoms with Crippen LogP contribution in [-0.4, -0.2) is 26.3 Å². The van der Waals surface area contributed by atoms with Gasteiger partial charge in [-0.3, -0.25) is 0 Å². The summed E-state index contributed by atoms with van der Waals surface area (Å²) in [6.07, 6.45) is 0.762. The average Bonchev–Trinajstić information content (AvgIpc) is 2.31. The summed E-state index contributed by atoms with van der Waals surface area (Å²) < 4.78 is 19.9. The Morgan fingerprint density at radius 2 is 2.00 bits per heavy atom. The van der Waals surface area contributed by atoms with Crippen LogP contribution in [0.1, 0.15) is 26.3 Å². The molecule has 108 valence electrons. The third-order valence-electron chi connectivity index (χ3n) is 3.29. The minimum absolute atomic E-state index is 0.0161. The van der Waals surface area contributed by atoms with E-state index in [9.17, 15) is 4.39 Å². The molecule has 0 amide bonds. The Bertz CT molecular complexity index is 417. The van der Waals surface area contributed by atoms with E-state index in [0.29, 0.717) is 6.42 Å². The van der Waals surface area contributed by atoms with Gasteiger partial charge < -0.3 is 10.1 Å². The maximum absolute atomic E-state index is 13.3. The number of hydrogen-bond acceptors (Lipinski definition) is 2. The van der Waals surface area contributed by atoms with Crippen LogP contribution in [0.3, 0.4) is 0 Å². The fourth-order valence-electron chi connectivity index (χ4n) is 2.42. The number of rotatable bonds is 5. The van der Waals surface area contributed by atoms with Crippen LogP contribution in [-0.2, 0) is 11.2 Å². The van der Waals surface area contributed by atoms with E-state index in [1.807, 2.05) is 7.05 Å². The number of hydrogen-bond donors (Lipinski definition) is 1. The van der Waals surface area contributed by atoms with Crippen molar-refractivity contribution in [2.45, 2.75) is 39.3 Å². The normalized spacial score (nSPS) is 15.3. The van der Waals surface area contributed by atoms with E-state index in [0.717, 1.165) is 10.0 Å². The number of likely N-dealkylation sites (N-methyl/N-ethyl adjacent to an activating group) is 1. The monoisotopic (exact) mass is 331 g/mol. The van der Waals surface area contributed by atoms with Gasteiger partial charge in [0.2, 0.25) is 0 Å². The number of halogens is 2. The molecule has 4 heteroatoms. The van der Waals surface area contributed by atoms with Crippen molar-refractivity contribution >= 4 is 15.9 Å². The summed E-state index contributed by atoms with van der Waals surface area (Å²) >= 11 is 3.47. The SMILES string of the molecule is CNC(Cc1cc(F)ccc1Br)C(OC)C(C)(C)C. The molecule has 0 saturated heterocycles. The van der Waals surface area contributed by atoms with Gasteiger partial charge in [0, 0.05) is 17.6 Å². The Morgan fingerprint density at radius 1 is 1.37 bits per heavy atom. The molecule has 0 heterocycles. The molecule has 1 rings (SSSR count). The molecule has 1 aromatic rings. The van der Waals surface area contributed by atoms with Gasteiger partial charge in [-0.1, -0.05) is 36.7 Å². The molecule has 0 radical (unpaired) electrons. The molecule has 0 fully saturated rings. The van der Waals surface area contributed by atoms with E-state index >= 15 is 0 Å². The van der Waals surface area contributed by atoms with Crippen LogP contribution in [0.25, 0.3) is 0 Å². The lowest BCUT2D eigenvalue weighted by Crippen LogP contribution is -2.47. The predicted molar refractivity (Wildman–Crippen MR) is 80.9 cm³/mol. The Balaban J connectivity index is 2.95. The van der Waals surface area contributed by atoms with Crippen LogP contribution in [0.2, 0.25) is 0 Å². The Hall–Kier alpha value is -0.450. The second kappa shape index (κ2) is 6.82. The molecule has 1 aromatic carbocycles. The lowest BCUT2D eigenvalue weighted by Gasteiger charge is -2.36. The summed E-state index contributed by atoms with van der Waals surface area (Å²) in [6, 6.07) is 4.91. The Kier molecular flexibility index (Phi) is 5.96. The zero-order valence-corrected chi connectivity index (χ0v) is 13.8. The van der Waals surface area contributed by atoms with E-state index in [2.05, 4.69) is 42.0 Å². The van der Waals surface area contributed by atoms with Gasteiger partial charge >= 0.3 is 0 Å². The molecule has 2 unspecified atom stereocenters. The largest absolute Gasteiger partial charge is 0.379 e. The van der Waals surface area contributed by atoms with Gasteiger partial charge in [0.1, 0.15) is 5.82 Å². The molecule has 0 aromatic heterocycles. The highest BCUT2D eigenvalue weighted by atomic mass is 79.9. The summed E-state index contributed by atoms with van der Waals surface area (Å²) in [5, 5.41) is 3.29. The number of benzene rings is 1. The van der Waals surface area contributed by atoms with Crippen LogP contribution < -0.4 is 5.32 Å². The molecule has 0 bridgehead atoms. The molecule has 0 aliphatic rings. The van der Waals surface area contributed by atoms with Crippen molar-refractivity contribution in [3.63, 3.8) is 0 Å². The van der Waals surface area contributed by atoms with Crippen molar-refractivity contribution < 1.29 is 9.13 Å². The van der Waals surface area contributed by atoms with Crippen LogP contribution in [0, 0.1) is 11.2 Å². The van der Waals surface area contributed by atoms with Crippen LogP contribution in [0.15, 0.2) is 22.7 Å². The number of ether oxygens (including phenoxy) is 1. The first-order valence-corrected chi connectivity index (χ1v) is 7.23. The van der Waals surface area contributed by atoms with Crippen LogP contribution >= 0.6 is 15.9 Å². The topological polar surface area (TPSA) is 21.3 Å². The fourth-order valence-corrected chi connectivity index (χ4v) is 2.83. The third kappa shape index (κ3) is 4.55. The summed E-state index contributed by atoms with van der Waals surface area (Å²) in [4.78, 5) is 0. The van der Waals surface area contributed by atoms with Crippen molar-refractivity contribution in [1.82, 2.24) is 5.32 Å². The maximum atomic E-state index is 13.3. The molecule has 1 N–H and O–H groups in total. The highest BCUT2D eigenvalue weighted by Crippen LogP contribution is 2.28. The van der Waals surface area contributed by atoms with Crippen molar-refractivity contribution in [3.8, 4) is 0 Å². The highest BCUT2D eigenvalue weighted by Gasteiger charge is 2.31. The summed E-state index contributed by atoms with van der Waals surface area (Å²) in [6.45, 7) is 6.43. The maximum Gasteiger partial charge on any atom is 0.123 e. The molecule has 2 atom stereocenters. The zero-order chi connectivity index (χ0) is 14.6. The van der Waals surface area contributed by atoms with Crippen molar-refractivity contribution in [2.24, 2.45) is 5.41 Å². The lowest BCUT2D eigenvalue weighted by atomic mass is 9.82. The van der Waals surface area contributed by atoms with Crippen LogP contribution in [0.4, 0.5) is 4.39 Å². The molecular formula is C15H23BrFNO. The Labute approximate surface area is 123 Å². The average molecular weight is 332 g/mol. The van der Waals surface area contributed by atoms with E-state index in [4.69, 9.17) is 4.74 Å². The summed E-state index contributed by atoms with van der Waals surface area (Å²) in [5.41, 5.74) is 0.966. The van der Waals surface area contributed by atoms with Gasteiger partial charge in [-0.05, 0) is 42.6 Å². The van der Waals surface area contributed by atoms with E-state index in [1.54, 1.807) is 19.2 Å². The molecule has 0 spiro atoms. The Morgan fingerprint density at radius 3 is 2.47 bits per heavy atom. The van der Waals surface area contributed by atoms with Crippen molar-refractivity contribution in [1.29, 1.82) is 0 Å². The highest BCUT2D eigenvalue weighted by molar-refractivity contribution is 9.10. The minimum Gasteiger partial charge on any atom is -0.379 e. The van der Waals surface area contributed by atoms with Crippen molar-refractivity contribution in [2.75, 3.05) is 14.2 Å². The number of nitrogens with one attached hydrogen (secondary N) is 1. The molecule has 0 aliphatic carbocycles. The third-order valence-corrected chi connectivity index (χ3v) is 4.06. The first kappa shape index (κ1) is 16.6. The van der Waals surface area contributed by atoms with E-state index < -0.39 is 0 Å². The van der Waals surface area contributed by atoms with Gasteiger partial charge in [-0.15, -0.1) is 0 Å². The first-order valence-electron chi connectivity index (χ1n) is 6.43. The second-order valence-electron chi connectivity index (χ2n) is 5.86. The number of methoxy groups -OCH3 is 1. The summed E-state index contributed by atoms with van der Waals surface area (Å²) in [5.74, 6) is -0.210. The summed E-state index contributed by atoms with van der Waals surface area (Å²) in [7, 11) is 3.64. The molecular weight excluding hydrogens is 309 g/mol. The zero-order valence-electron chi connectivity index (χ0n) is 12.3. The van der Waals surface area contributed by atoms with Crippen LogP contribution in [0.5, 0.6) is 0 Å². The molecule has 2 nitrogen and oxygen atoms in total. The van der Waals surface area contributed by atoms with Gasteiger partial charge in [-0.25, -0.2) is 4.39 Å². The van der Waals surface area contributed by atoms with E-state index in [-0.39, 0.29) is 23.4 Å². The molecule has 19 heavy (non-hydrogen) atoms. The van der Waals surface area contributed by atoms with Crippen molar-refractivity contribution in [3.05, 3.63) is 34.1 Å². The van der Waals surface area contributed by atoms with Gasteiger partial charge in [-0.2, -0.15) is 0 Å². The van der Waals surface area contributed by atoms with Gasteiger partial charge in [0.15, 0.2) is 0 Å². The second-order valence-corrected chi connectivity index (χ2v) is 6.71. The fraction of sp³-hybridized carbons (Fsp3) is 0.600. The minimum atomic E-state index is -0.210. The molecule has 0 aliphatic heterocycles. The standard InChI is InChI=1S/C15H23BrFNO/c1-15(2,3)14(19-5)13(18-4)9-10-8-11(17)6-7-12(10)16/h6-8,13-14,18H,9H2,1-5H3. The van der Waals surface area contributed by atoms with Gasteiger partial charge in [0.05, 0.1) is 6.10 Å². The quantitative estimate of drug-likeness (QED) is 0.886. The van der Waals surface area contributed by atoms with E-state index in [1.165, 1.54) is 6.07 Å². The predicted octanol–water partition coefficient (Wildman–Crippen LogP) is 3.78. The smallest absolute Gasteiger partial charge is 0.123 e.